The van der Waals surface area contributed by atoms with Crippen LogP contribution in [0.1, 0.15) is 90.4 Å². The Morgan fingerprint density at radius 3 is 1.62 bits per heavy atom. The molecule has 0 aliphatic rings. The Labute approximate surface area is 154 Å². The van der Waals surface area contributed by atoms with Crippen LogP contribution >= 0.6 is 0 Å². The van der Waals surface area contributed by atoms with E-state index < -0.39 is 6.04 Å². The van der Waals surface area contributed by atoms with Gasteiger partial charge in [0.05, 0.1) is 7.11 Å². The van der Waals surface area contributed by atoms with Gasteiger partial charge in [0.25, 0.3) is 0 Å². The number of carbonyl (C=O) groups is 1. The number of hydrogen-bond donors (Lipinski definition) is 1. The monoisotopic (exact) mass is 309 g/mol. The second kappa shape index (κ2) is 18.5. The van der Waals surface area contributed by atoms with Crippen LogP contribution in [-0.4, -0.2) is 48.7 Å². The van der Waals surface area contributed by atoms with Crippen LogP contribution in [0.4, 0.5) is 0 Å². The molecule has 0 radical (unpaired) electrons. The molecule has 1 atom stereocenters. The molecule has 3 nitrogen and oxygen atoms in total. The first-order valence-electron chi connectivity index (χ1n) is 8.55. The predicted molar refractivity (Wildman–Crippen MR) is 92.8 cm³/mol. The topological polar surface area (TPSA) is 52.3 Å². The van der Waals surface area contributed by atoms with Crippen molar-refractivity contribution in [3.8, 4) is 0 Å². The van der Waals surface area contributed by atoms with Crippen LogP contribution in [0.2, 0.25) is 0 Å². The van der Waals surface area contributed by atoms with E-state index in [1.54, 1.807) is 0 Å². The average molecular weight is 309 g/mol. The van der Waals surface area contributed by atoms with Crippen molar-refractivity contribution in [2.75, 3.05) is 7.11 Å². The number of hydrogen-bond acceptors (Lipinski definition) is 3. The number of rotatable bonds is 14. The molecule has 0 heterocycles. The van der Waals surface area contributed by atoms with Crippen LogP contribution in [0, 0.1) is 0 Å². The summed E-state index contributed by atoms with van der Waals surface area (Å²) < 4.78 is 4.61. The van der Waals surface area contributed by atoms with Gasteiger partial charge in [-0.25, -0.2) is 0 Å². The molecule has 0 aromatic carbocycles. The third-order valence-corrected chi connectivity index (χ3v) is 3.87. The van der Waals surface area contributed by atoms with E-state index >= 15 is 0 Å². The summed E-state index contributed by atoms with van der Waals surface area (Å²) in [6.45, 7) is 2.26. The van der Waals surface area contributed by atoms with Crippen molar-refractivity contribution in [2.45, 2.75) is 96.4 Å². The van der Waals surface area contributed by atoms with E-state index in [1.165, 1.54) is 77.7 Å². The Hall–Kier alpha value is 0.430. The number of unbranched alkanes of at least 4 members (excludes halogenated alkanes) is 11. The van der Waals surface area contributed by atoms with Crippen LogP contribution in [-0.2, 0) is 9.53 Å². The van der Waals surface area contributed by atoms with Gasteiger partial charge in [0.2, 0.25) is 0 Å². The minimum atomic E-state index is -0.428. The van der Waals surface area contributed by atoms with Gasteiger partial charge < -0.3 is 10.5 Å². The molecule has 0 aliphatic carbocycles. The van der Waals surface area contributed by atoms with Gasteiger partial charge in [0, 0.05) is 0 Å². The van der Waals surface area contributed by atoms with Crippen molar-refractivity contribution in [1.82, 2.24) is 0 Å². The molecule has 0 aliphatic heterocycles. The summed E-state index contributed by atoms with van der Waals surface area (Å²) in [4.78, 5) is 11.1. The van der Waals surface area contributed by atoms with Gasteiger partial charge in [-0.3, -0.25) is 4.79 Å². The molecule has 0 saturated heterocycles. The summed E-state index contributed by atoms with van der Waals surface area (Å²) in [6.07, 6.45) is 16.7. The van der Waals surface area contributed by atoms with Gasteiger partial charge in [0.15, 0.2) is 0 Å². The first-order chi connectivity index (χ1) is 9.72. The fraction of sp³-hybridized carbons (Fsp3) is 0.941. The Morgan fingerprint density at radius 1 is 0.857 bits per heavy atom. The zero-order valence-electron chi connectivity index (χ0n) is 13.7. The molecule has 122 valence electrons. The summed E-state index contributed by atoms with van der Waals surface area (Å²) in [5, 5.41) is 0. The molecule has 0 fully saturated rings. The van der Waals surface area contributed by atoms with E-state index in [9.17, 15) is 4.79 Å². The predicted octanol–water partition coefficient (Wildman–Crippen LogP) is 3.93. The first-order valence-corrected chi connectivity index (χ1v) is 8.55. The van der Waals surface area contributed by atoms with Crippen LogP contribution in [0.5, 0.6) is 0 Å². The number of ether oxygens (including phenoxy) is 1. The molecule has 2 N–H and O–H groups in total. The van der Waals surface area contributed by atoms with Crippen molar-refractivity contribution < 1.29 is 9.53 Å². The van der Waals surface area contributed by atoms with E-state index in [0.29, 0.717) is 0 Å². The van der Waals surface area contributed by atoms with E-state index in [-0.39, 0.29) is 35.5 Å². The standard InChI is InChI=1S/C17H35NO2.Na.H/c1-3-4-5-6-7-8-9-10-11-12-13-14-15-16(18)17(19)20-2;;/h16H,3-15,18H2,1-2H3;;. The molecule has 0 aromatic heterocycles. The van der Waals surface area contributed by atoms with E-state index in [2.05, 4.69) is 11.7 Å². The minimum absolute atomic E-state index is 0. The Bertz CT molecular complexity index is 225. The van der Waals surface area contributed by atoms with Gasteiger partial charge in [-0.15, -0.1) is 0 Å². The molecular formula is C17H36NNaO2. The number of carbonyl (C=O) groups excluding carboxylic acids is 1. The third-order valence-electron chi connectivity index (χ3n) is 3.87. The molecule has 0 aromatic rings. The van der Waals surface area contributed by atoms with E-state index in [0.717, 1.165) is 12.8 Å². The third kappa shape index (κ3) is 16.6. The molecule has 21 heavy (non-hydrogen) atoms. The summed E-state index contributed by atoms with van der Waals surface area (Å²) in [6, 6.07) is -0.428. The zero-order chi connectivity index (χ0) is 15.1. The molecule has 0 bridgehead atoms. The van der Waals surface area contributed by atoms with Crippen LogP contribution in [0.3, 0.4) is 0 Å². The van der Waals surface area contributed by atoms with Crippen LogP contribution < -0.4 is 5.73 Å². The van der Waals surface area contributed by atoms with Crippen molar-refractivity contribution in [3.63, 3.8) is 0 Å². The average Bonchev–Trinajstić information content (AvgIpc) is 2.47. The Balaban J connectivity index is 0. The Morgan fingerprint density at radius 2 is 1.24 bits per heavy atom. The van der Waals surface area contributed by atoms with Crippen molar-refractivity contribution >= 4 is 35.5 Å². The fourth-order valence-electron chi connectivity index (χ4n) is 2.47. The van der Waals surface area contributed by atoms with Crippen LogP contribution in [0.15, 0.2) is 0 Å². The molecule has 4 heteroatoms. The molecule has 1 unspecified atom stereocenters. The van der Waals surface area contributed by atoms with Gasteiger partial charge in [-0.05, 0) is 6.42 Å². The van der Waals surface area contributed by atoms with Crippen molar-refractivity contribution in [3.05, 3.63) is 0 Å². The molecule has 0 spiro atoms. The molecule has 0 rings (SSSR count). The SMILES string of the molecule is CCCCCCCCCCCCCCC(N)C(=O)OC.[NaH]. The zero-order valence-corrected chi connectivity index (χ0v) is 13.7. The number of nitrogens with two attached hydrogens (primary N) is 1. The quantitative estimate of drug-likeness (QED) is 0.300. The molecule has 0 saturated carbocycles. The van der Waals surface area contributed by atoms with E-state index in [1.807, 2.05) is 0 Å². The number of esters is 1. The number of methoxy groups -OCH3 is 1. The van der Waals surface area contributed by atoms with E-state index in [4.69, 9.17) is 5.73 Å². The summed E-state index contributed by atoms with van der Waals surface area (Å²) >= 11 is 0. The second-order valence-electron chi connectivity index (χ2n) is 5.81. The van der Waals surface area contributed by atoms with Crippen LogP contribution in [0.25, 0.3) is 0 Å². The van der Waals surface area contributed by atoms with Gasteiger partial charge in [-0.1, -0.05) is 84.0 Å². The second-order valence-corrected chi connectivity index (χ2v) is 5.81. The fourth-order valence-corrected chi connectivity index (χ4v) is 2.47. The maximum atomic E-state index is 11.1. The first kappa shape index (κ1) is 23.7. The Kier molecular flexibility index (Phi) is 20.8. The molecule has 0 amide bonds. The van der Waals surface area contributed by atoms with Crippen molar-refractivity contribution in [1.29, 1.82) is 0 Å². The van der Waals surface area contributed by atoms with Gasteiger partial charge >= 0.3 is 35.5 Å². The summed E-state index contributed by atoms with van der Waals surface area (Å²) in [5.41, 5.74) is 5.68. The van der Waals surface area contributed by atoms with Gasteiger partial charge in [-0.2, -0.15) is 0 Å². The van der Waals surface area contributed by atoms with Crippen molar-refractivity contribution in [2.24, 2.45) is 5.73 Å². The summed E-state index contributed by atoms with van der Waals surface area (Å²) in [7, 11) is 1.39. The maximum absolute atomic E-state index is 11.1. The normalized spacial score (nSPS) is 11.8. The summed E-state index contributed by atoms with van der Waals surface area (Å²) in [5.74, 6) is -0.284. The van der Waals surface area contributed by atoms with Gasteiger partial charge in [0.1, 0.15) is 6.04 Å². The molecular weight excluding hydrogens is 273 g/mol.